The highest BCUT2D eigenvalue weighted by Gasteiger charge is 2.31. The fourth-order valence-electron chi connectivity index (χ4n) is 0.949. The Kier molecular flexibility index (Phi) is 2.05. The van der Waals surface area contributed by atoms with Crippen LogP contribution in [0.5, 0.6) is 0 Å². The number of nitrogens with one attached hydrogen (secondary N) is 1. The SMILES string of the molecule is OB(O)[C@H]1C[C@H](F)CN1. The molecule has 1 heterocycles. The molecule has 0 bridgehead atoms. The van der Waals surface area contributed by atoms with Crippen molar-refractivity contribution < 1.29 is 14.4 Å². The predicted octanol–water partition coefficient (Wildman–Crippen LogP) is -1.30. The van der Waals surface area contributed by atoms with Crippen molar-refractivity contribution >= 4 is 7.12 Å². The lowest BCUT2D eigenvalue weighted by Gasteiger charge is -2.05. The van der Waals surface area contributed by atoms with E-state index in [2.05, 4.69) is 5.32 Å². The van der Waals surface area contributed by atoms with Crippen molar-refractivity contribution in [2.24, 2.45) is 0 Å². The molecule has 1 rings (SSSR count). The third-order valence-electron chi connectivity index (χ3n) is 1.47. The summed E-state index contributed by atoms with van der Waals surface area (Å²) in [6.07, 6.45) is -0.714. The monoisotopic (exact) mass is 133 g/mol. The normalized spacial score (nSPS) is 35.0. The van der Waals surface area contributed by atoms with E-state index in [9.17, 15) is 4.39 Å². The summed E-state index contributed by atoms with van der Waals surface area (Å²) in [7, 11) is -1.43. The predicted molar refractivity (Wildman–Crippen MR) is 31.5 cm³/mol. The van der Waals surface area contributed by atoms with Crippen LogP contribution in [0, 0.1) is 0 Å². The first-order chi connectivity index (χ1) is 4.20. The van der Waals surface area contributed by atoms with Crippen LogP contribution in [0.15, 0.2) is 0 Å². The molecule has 0 radical (unpaired) electrons. The minimum Gasteiger partial charge on any atom is -0.426 e. The van der Waals surface area contributed by atoms with Gasteiger partial charge in [0.15, 0.2) is 0 Å². The van der Waals surface area contributed by atoms with E-state index in [4.69, 9.17) is 10.0 Å². The smallest absolute Gasteiger partial charge is 0.426 e. The fraction of sp³-hybridized carbons (Fsp3) is 1.00. The highest BCUT2D eigenvalue weighted by Crippen LogP contribution is 2.09. The standard InChI is InChI=1S/C4H9BFNO2/c6-3-1-4(5(8)9)7-2-3/h3-4,7-9H,1-2H2/t3-,4+/m0/s1. The van der Waals surface area contributed by atoms with Crippen molar-refractivity contribution in [2.45, 2.75) is 18.5 Å². The molecular formula is C4H9BFNO2. The van der Waals surface area contributed by atoms with E-state index >= 15 is 0 Å². The molecule has 0 amide bonds. The fourth-order valence-corrected chi connectivity index (χ4v) is 0.949. The summed E-state index contributed by atoms with van der Waals surface area (Å²) in [5.41, 5.74) is 0. The van der Waals surface area contributed by atoms with Crippen molar-refractivity contribution in [1.82, 2.24) is 5.32 Å². The average molecular weight is 133 g/mol. The van der Waals surface area contributed by atoms with Crippen molar-refractivity contribution in [3.05, 3.63) is 0 Å². The molecule has 0 saturated carbocycles. The van der Waals surface area contributed by atoms with Gasteiger partial charge in [0, 0.05) is 12.5 Å². The Morgan fingerprint density at radius 1 is 1.56 bits per heavy atom. The molecule has 3 nitrogen and oxygen atoms in total. The quantitative estimate of drug-likeness (QED) is 0.389. The Hall–Kier alpha value is -0.125. The Balaban J connectivity index is 2.30. The molecule has 5 heteroatoms. The molecule has 0 aromatic heterocycles. The maximum absolute atomic E-state index is 12.2. The summed E-state index contributed by atoms with van der Waals surface area (Å²) in [6, 6.07) is 0. The Morgan fingerprint density at radius 3 is 2.44 bits per heavy atom. The highest BCUT2D eigenvalue weighted by atomic mass is 19.1. The lowest BCUT2D eigenvalue weighted by molar-refractivity contribution is 0.346. The zero-order valence-corrected chi connectivity index (χ0v) is 4.92. The Bertz CT molecular complexity index is 103. The van der Waals surface area contributed by atoms with E-state index in [1.807, 2.05) is 0 Å². The van der Waals surface area contributed by atoms with Gasteiger partial charge in [-0.1, -0.05) is 0 Å². The van der Waals surface area contributed by atoms with Crippen molar-refractivity contribution in [1.29, 1.82) is 0 Å². The first kappa shape index (κ1) is 6.99. The molecule has 1 aliphatic rings. The van der Waals surface area contributed by atoms with Gasteiger partial charge in [-0.25, -0.2) is 4.39 Å². The van der Waals surface area contributed by atoms with Gasteiger partial charge < -0.3 is 15.4 Å². The molecule has 1 saturated heterocycles. The third kappa shape index (κ3) is 1.64. The minimum atomic E-state index is -1.43. The molecule has 0 unspecified atom stereocenters. The Labute approximate surface area is 53.0 Å². The van der Waals surface area contributed by atoms with E-state index in [1.165, 1.54) is 0 Å². The summed E-state index contributed by atoms with van der Waals surface area (Å²) in [5, 5.41) is 19.6. The van der Waals surface area contributed by atoms with Gasteiger partial charge in [-0.15, -0.1) is 0 Å². The molecule has 3 N–H and O–H groups in total. The molecule has 0 aromatic rings. The minimum absolute atomic E-state index is 0.206. The number of halogens is 1. The summed E-state index contributed by atoms with van der Waals surface area (Å²) >= 11 is 0. The van der Waals surface area contributed by atoms with E-state index in [0.29, 0.717) is 0 Å². The maximum Gasteiger partial charge on any atom is 0.469 e. The van der Waals surface area contributed by atoms with Gasteiger partial charge in [0.25, 0.3) is 0 Å². The first-order valence-corrected chi connectivity index (χ1v) is 2.93. The lowest BCUT2D eigenvalue weighted by Crippen LogP contribution is -2.38. The van der Waals surface area contributed by atoms with Crippen LogP contribution < -0.4 is 5.32 Å². The number of alkyl halides is 1. The second kappa shape index (κ2) is 2.64. The molecule has 0 spiro atoms. The van der Waals surface area contributed by atoms with Crippen LogP contribution in [0.25, 0.3) is 0 Å². The summed E-state index contributed by atoms with van der Waals surface area (Å²) < 4.78 is 12.2. The van der Waals surface area contributed by atoms with Crippen LogP contribution in [0.2, 0.25) is 0 Å². The molecule has 0 aliphatic carbocycles. The van der Waals surface area contributed by atoms with E-state index in [0.717, 1.165) is 0 Å². The molecule has 0 aromatic carbocycles. The van der Waals surface area contributed by atoms with Crippen LogP contribution in [0.3, 0.4) is 0 Å². The Morgan fingerprint density at radius 2 is 2.22 bits per heavy atom. The van der Waals surface area contributed by atoms with Gasteiger partial charge in [0.1, 0.15) is 6.17 Å². The zero-order valence-electron chi connectivity index (χ0n) is 4.92. The maximum atomic E-state index is 12.2. The van der Waals surface area contributed by atoms with Crippen LogP contribution >= 0.6 is 0 Å². The number of hydrogen-bond donors (Lipinski definition) is 3. The topological polar surface area (TPSA) is 52.5 Å². The molecular weight excluding hydrogens is 124 g/mol. The van der Waals surface area contributed by atoms with E-state index in [-0.39, 0.29) is 13.0 Å². The largest absolute Gasteiger partial charge is 0.469 e. The van der Waals surface area contributed by atoms with Crippen molar-refractivity contribution in [2.75, 3.05) is 6.54 Å². The van der Waals surface area contributed by atoms with Crippen molar-refractivity contribution in [3.63, 3.8) is 0 Å². The second-order valence-electron chi connectivity index (χ2n) is 2.26. The van der Waals surface area contributed by atoms with Crippen molar-refractivity contribution in [3.8, 4) is 0 Å². The highest BCUT2D eigenvalue weighted by molar-refractivity contribution is 6.43. The van der Waals surface area contributed by atoms with Gasteiger partial charge in [-0.05, 0) is 6.42 Å². The second-order valence-corrected chi connectivity index (χ2v) is 2.26. The van der Waals surface area contributed by atoms with Crippen LogP contribution in [0.4, 0.5) is 4.39 Å². The van der Waals surface area contributed by atoms with Crippen LogP contribution in [0.1, 0.15) is 6.42 Å². The lowest BCUT2D eigenvalue weighted by atomic mass is 9.79. The number of hydrogen-bond acceptors (Lipinski definition) is 3. The molecule has 1 aliphatic heterocycles. The summed E-state index contributed by atoms with van der Waals surface area (Å²) in [5.74, 6) is -0.472. The summed E-state index contributed by atoms with van der Waals surface area (Å²) in [6.45, 7) is 0.238. The van der Waals surface area contributed by atoms with Gasteiger partial charge in [0.2, 0.25) is 0 Å². The van der Waals surface area contributed by atoms with E-state index in [1.54, 1.807) is 0 Å². The van der Waals surface area contributed by atoms with E-state index < -0.39 is 19.2 Å². The van der Waals surface area contributed by atoms with Gasteiger partial charge in [-0.2, -0.15) is 0 Å². The first-order valence-electron chi connectivity index (χ1n) is 2.93. The molecule has 52 valence electrons. The third-order valence-corrected chi connectivity index (χ3v) is 1.47. The number of rotatable bonds is 1. The van der Waals surface area contributed by atoms with Gasteiger partial charge in [0.05, 0.1) is 0 Å². The van der Waals surface area contributed by atoms with Gasteiger partial charge in [-0.3, -0.25) is 0 Å². The average Bonchev–Trinajstić information content (AvgIpc) is 2.14. The van der Waals surface area contributed by atoms with Crippen LogP contribution in [-0.2, 0) is 0 Å². The zero-order chi connectivity index (χ0) is 6.85. The molecule has 9 heavy (non-hydrogen) atoms. The van der Waals surface area contributed by atoms with Crippen LogP contribution in [-0.4, -0.2) is 35.8 Å². The van der Waals surface area contributed by atoms with Gasteiger partial charge >= 0.3 is 7.12 Å². The summed E-state index contributed by atoms with van der Waals surface area (Å²) in [4.78, 5) is 0. The molecule has 2 atom stereocenters. The molecule has 1 fully saturated rings.